The Hall–Kier alpha value is -1.32. The van der Waals surface area contributed by atoms with Crippen molar-refractivity contribution in [2.45, 2.75) is 91.9 Å². The molecule has 1 aromatic heterocycles. The van der Waals surface area contributed by atoms with Gasteiger partial charge in [-0.3, -0.25) is 4.79 Å². The van der Waals surface area contributed by atoms with Crippen LogP contribution in [0.3, 0.4) is 0 Å². The van der Waals surface area contributed by atoms with Gasteiger partial charge in [-0.2, -0.15) is 0 Å². The number of fused-ring (bicyclic) bond motifs is 5. The monoisotopic (exact) mass is 414 g/mol. The summed E-state index contributed by atoms with van der Waals surface area (Å²) < 4.78 is 10.4. The van der Waals surface area contributed by atoms with Gasteiger partial charge in [0.1, 0.15) is 17.3 Å². The minimum Gasteiger partial charge on any atom is -0.396 e. The summed E-state index contributed by atoms with van der Waals surface area (Å²) in [6.45, 7) is 8.70. The van der Waals surface area contributed by atoms with E-state index < -0.39 is 5.82 Å². The first-order chi connectivity index (χ1) is 14.2. The SMILES string of the molecule is CC(=O)[C@H]1CC[C@H]2[C@@H]3CC[C@H]4C[C@H](Cc5oc(=O)oc5C)CC[C@]4(C)[C@H]3CC[C@]12C. The number of Topliss-reactive ketones (excluding diaryl/α,β-unsaturated/α-hetero) is 1. The fraction of sp³-hybridized carbons (Fsp3) is 0.846. The van der Waals surface area contributed by atoms with Crippen LogP contribution in [0.4, 0.5) is 0 Å². The fourth-order valence-corrected chi connectivity index (χ4v) is 9.02. The number of rotatable bonds is 3. The molecule has 4 fully saturated rings. The van der Waals surface area contributed by atoms with Crippen molar-refractivity contribution in [3.8, 4) is 0 Å². The molecule has 4 aliphatic rings. The molecule has 4 nitrogen and oxygen atoms in total. The molecule has 0 bridgehead atoms. The standard InChI is InChI=1S/C26H38O4/c1-15(27)20-7-8-21-19-6-5-18-13-17(14-23-16(2)29-24(28)30-23)9-11-25(18,3)22(19)10-12-26(20,21)4/h17-22H,5-14H2,1-4H3/t17-,18+,19+,20-,21+,22+,25+,26-/m1/s1. The zero-order chi connectivity index (χ0) is 21.3. The van der Waals surface area contributed by atoms with Crippen LogP contribution in [0, 0.1) is 53.3 Å². The number of carbonyl (C=O) groups excluding carboxylic acids is 1. The molecule has 8 atom stereocenters. The molecule has 4 aliphatic carbocycles. The molecule has 4 saturated carbocycles. The second kappa shape index (κ2) is 7.10. The zero-order valence-electron chi connectivity index (χ0n) is 19.2. The summed E-state index contributed by atoms with van der Waals surface area (Å²) in [5.41, 5.74) is 0.699. The van der Waals surface area contributed by atoms with E-state index >= 15 is 0 Å². The van der Waals surface area contributed by atoms with E-state index in [1.54, 1.807) is 0 Å². The number of aryl methyl sites for hydroxylation is 1. The molecular formula is C26H38O4. The molecule has 0 amide bonds. The highest BCUT2D eigenvalue weighted by Crippen LogP contribution is 2.67. The van der Waals surface area contributed by atoms with Gasteiger partial charge in [-0.25, -0.2) is 4.79 Å². The third kappa shape index (κ3) is 2.99. The molecule has 166 valence electrons. The molecule has 0 radical (unpaired) electrons. The quantitative estimate of drug-likeness (QED) is 0.613. The highest BCUT2D eigenvalue weighted by molar-refractivity contribution is 5.79. The van der Waals surface area contributed by atoms with Crippen molar-refractivity contribution in [1.29, 1.82) is 0 Å². The van der Waals surface area contributed by atoms with E-state index in [9.17, 15) is 9.59 Å². The van der Waals surface area contributed by atoms with Crippen molar-refractivity contribution in [1.82, 2.24) is 0 Å². The van der Waals surface area contributed by atoms with Crippen LogP contribution in [-0.2, 0) is 11.2 Å². The lowest BCUT2D eigenvalue weighted by atomic mass is 9.44. The Balaban J connectivity index is 1.32. The summed E-state index contributed by atoms with van der Waals surface area (Å²) in [5.74, 6) is 5.37. The van der Waals surface area contributed by atoms with Gasteiger partial charge in [0.15, 0.2) is 0 Å². The summed E-state index contributed by atoms with van der Waals surface area (Å²) in [5, 5.41) is 0. The van der Waals surface area contributed by atoms with Crippen LogP contribution in [0.25, 0.3) is 0 Å². The van der Waals surface area contributed by atoms with Crippen molar-refractivity contribution in [2.75, 3.05) is 0 Å². The van der Waals surface area contributed by atoms with Crippen LogP contribution < -0.4 is 5.82 Å². The molecule has 0 spiro atoms. The van der Waals surface area contributed by atoms with Crippen molar-refractivity contribution in [3.63, 3.8) is 0 Å². The van der Waals surface area contributed by atoms with Crippen molar-refractivity contribution >= 4 is 5.78 Å². The maximum Gasteiger partial charge on any atom is 0.519 e. The predicted octanol–water partition coefficient (Wildman–Crippen LogP) is 5.95. The highest BCUT2D eigenvalue weighted by Gasteiger charge is 2.60. The van der Waals surface area contributed by atoms with E-state index in [1.165, 1.54) is 51.4 Å². The molecular weight excluding hydrogens is 376 g/mol. The second-order valence-electron chi connectivity index (χ2n) is 11.7. The lowest BCUT2D eigenvalue weighted by Crippen LogP contribution is -2.53. The average molecular weight is 415 g/mol. The van der Waals surface area contributed by atoms with Crippen LogP contribution in [0.15, 0.2) is 13.6 Å². The van der Waals surface area contributed by atoms with Crippen molar-refractivity contribution < 1.29 is 13.6 Å². The van der Waals surface area contributed by atoms with E-state index in [4.69, 9.17) is 8.83 Å². The Morgan fingerprint density at radius 2 is 1.70 bits per heavy atom. The lowest BCUT2D eigenvalue weighted by molar-refractivity contribution is -0.135. The summed E-state index contributed by atoms with van der Waals surface area (Å²) in [6.07, 6.45) is 12.3. The van der Waals surface area contributed by atoms with E-state index in [2.05, 4.69) is 13.8 Å². The van der Waals surface area contributed by atoms with Crippen LogP contribution >= 0.6 is 0 Å². The van der Waals surface area contributed by atoms with Crippen LogP contribution in [-0.4, -0.2) is 5.78 Å². The van der Waals surface area contributed by atoms with Crippen LogP contribution in [0.5, 0.6) is 0 Å². The predicted molar refractivity (Wildman–Crippen MR) is 115 cm³/mol. The third-order valence-corrected chi connectivity index (χ3v) is 10.6. The van der Waals surface area contributed by atoms with E-state index in [0.717, 1.165) is 42.3 Å². The van der Waals surface area contributed by atoms with Gasteiger partial charge < -0.3 is 8.83 Å². The van der Waals surface area contributed by atoms with Gasteiger partial charge in [0.05, 0.1) is 0 Å². The van der Waals surface area contributed by atoms with Gasteiger partial charge >= 0.3 is 5.82 Å². The first-order valence-corrected chi connectivity index (χ1v) is 12.3. The van der Waals surface area contributed by atoms with Crippen LogP contribution in [0.2, 0.25) is 0 Å². The van der Waals surface area contributed by atoms with E-state index in [0.29, 0.717) is 28.8 Å². The molecule has 1 heterocycles. The van der Waals surface area contributed by atoms with Crippen molar-refractivity contribution in [3.05, 3.63) is 22.1 Å². The average Bonchev–Trinajstić information content (AvgIpc) is 3.20. The zero-order valence-corrected chi connectivity index (χ0v) is 19.2. The molecule has 0 N–H and O–H groups in total. The van der Waals surface area contributed by atoms with Gasteiger partial charge in [-0.15, -0.1) is 0 Å². The molecule has 30 heavy (non-hydrogen) atoms. The Labute approximate surface area is 180 Å². The molecule has 0 aromatic carbocycles. The highest BCUT2D eigenvalue weighted by atomic mass is 16.6. The minimum absolute atomic E-state index is 0.254. The molecule has 0 aliphatic heterocycles. The molecule has 0 unspecified atom stereocenters. The van der Waals surface area contributed by atoms with Gasteiger partial charge in [0.25, 0.3) is 0 Å². The molecule has 4 heteroatoms. The Morgan fingerprint density at radius 3 is 2.40 bits per heavy atom. The van der Waals surface area contributed by atoms with E-state index in [1.807, 2.05) is 13.8 Å². The number of carbonyl (C=O) groups is 1. The van der Waals surface area contributed by atoms with E-state index in [-0.39, 0.29) is 5.41 Å². The number of hydrogen-bond acceptors (Lipinski definition) is 4. The fourth-order valence-electron chi connectivity index (χ4n) is 9.02. The van der Waals surface area contributed by atoms with Gasteiger partial charge in [-0.1, -0.05) is 13.8 Å². The summed E-state index contributed by atoms with van der Waals surface area (Å²) in [7, 11) is 0. The van der Waals surface area contributed by atoms with Gasteiger partial charge in [0.2, 0.25) is 0 Å². The molecule has 1 aromatic rings. The summed E-state index contributed by atoms with van der Waals surface area (Å²) >= 11 is 0. The first kappa shape index (κ1) is 20.6. The minimum atomic E-state index is -0.561. The Morgan fingerprint density at radius 1 is 0.967 bits per heavy atom. The molecule has 5 rings (SSSR count). The lowest BCUT2D eigenvalue weighted by Gasteiger charge is -2.61. The topological polar surface area (TPSA) is 60.4 Å². The second-order valence-corrected chi connectivity index (χ2v) is 11.7. The van der Waals surface area contributed by atoms with Crippen molar-refractivity contribution in [2.24, 2.45) is 46.3 Å². The third-order valence-electron chi connectivity index (χ3n) is 10.6. The Kier molecular flexibility index (Phi) is 4.87. The largest absolute Gasteiger partial charge is 0.519 e. The normalized spacial score (nSPS) is 45.5. The summed E-state index contributed by atoms with van der Waals surface area (Å²) in [4.78, 5) is 23.8. The first-order valence-electron chi connectivity index (χ1n) is 12.3. The molecule has 0 saturated heterocycles. The summed E-state index contributed by atoms with van der Waals surface area (Å²) in [6, 6.07) is 0. The smallest absolute Gasteiger partial charge is 0.396 e. The Bertz CT molecular complexity index is 880. The maximum absolute atomic E-state index is 12.3. The maximum atomic E-state index is 12.3. The van der Waals surface area contributed by atoms with Crippen LogP contribution in [0.1, 0.15) is 90.1 Å². The van der Waals surface area contributed by atoms with Gasteiger partial charge in [0, 0.05) is 12.3 Å². The number of ketones is 1. The van der Waals surface area contributed by atoms with Gasteiger partial charge in [-0.05, 0) is 112 Å². The number of hydrogen-bond donors (Lipinski definition) is 0.